The van der Waals surface area contributed by atoms with E-state index in [1.54, 1.807) is 0 Å². The van der Waals surface area contributed by atoms with E-state index in [-0.39, 0.29) is 25.2 Å². The second kappa shape index (κ2) is 18.9. The molecule has 0 aliphatic carbocycles. The van der Waals surface area contributed by atoms with E-state index >= 15 is 0 Å². The lowest BCUT2D eigenvalue weighted by molar-refractivity contribution is -0.121. The van der Waals surface area contributed by atoms with Crippen LogP contribution in [0.15, 0.2) is 12.2 Å². The molecule has 0 aromatic carbocycles. The van der Waals surface area contributed by atoms with Crippen LogP contribution in [0.25, 0.3) is 0 Å². The molecule has 2 atom stereocenters. The van der Waals surface area contributed by atoms with Crippen molar-refractivity contribution in [1.82, 2.24) is 5.32 Å². The Morgan fingerprint density at radius 3 is 2.35 bits per heavy atom. The van der Waals surface area contributed by atoms with Crippen LogP contribution in [0.2, 0.25) is 0 Å². The van der Waals surface area contributed by atoms with Crippen LogP contribution in [-0.2, 0) is 4.79 Å². The SMILES string of the molecule is CCCCCC[C@H](O)C/C=C\CCCCCCCC(=O)NCC(O)CO. The van der Waals surface area contributed by atoms with Crippen molar-refractivity contribution in [3.63, 3.8) is 0 Å². The average Bonchev–Trinajstić information content (AvgIpc) is 2.64. The van der Waals surface area contributed by atoms with Crippen molar-refractivity contribution in [1.29, 1.82) is 0 Å². The van der Waals surface area contributed by atoms with E-state index < -0.39 is 6.10 Å². The molecule has 26 heavy (non-hydrogen) atoms. The summed E-state index contributed by atoms with van der Waals surface area (Å²) in [5.41, 5.74) is 0. The maximum Gasteiger partial charge on any atom is 0.220 e. The standard InChI is InChI=1S/C21H41NO4/c1-2-3-4-11-14-19(24)15-12-9-7-5-6-8-10-13-16-21(26)22-17-20(25)18-23/h9,12,19-20,23-25H,2-8,10-11,13-18H2,1H3,(H,22,26)/b12-9-/t19-,20?/m0/s1. The minimum Gasteiger partial charge on any atom is -0.394 e. The Morgan fingerprint density at radius 2 is 1.62 bits per heavy atom. The van der Waals surface area contributed by atoms with Gasteiger partial charge >= 0.3 is 0 Å². The predicted molar refractivity (Wildman–Crippen MR) is 107 cm³/mol. The first-order chi connectivity index (χ1) is 12.6. The van der Waals surface area contributed by atoms with Crippen molar-refractivity contribution in [3.8, 4) is 0 Å². The van der Waals surface area contributed by atoms with E-state index in [1.807, 2.05) is 0 Å². The van der Waals surface area contributed by atoms with Crippen LogP contribution in [0.3, 0.4) is 0 Å². The van der Waals surface area contributed by atoms with Crippen molar-refractivity contribution in [2.75, 3.05) is 13.2 Å². The molecule has 154 valence electrons. The van der Waals surface area contributed by atoms with Crippen molar-refractivity contribution < 1.29 is 20.1 Å². The van der Waals surface area contributed by atoms with Gasteiger partial charge in [-0.25, -0.2) is 0 Å². The van der Waals surface area contributed by atoms with Gasteiger partial charge in [0.25, 0.3) is 0 Å². The lowest BCUT2D eigenvalue weighted by Crippen LogP contribution is -2.33. The number of carbonyl (C=O) groups excluding carboxylic acids is 1. The highest BCUT2D eigenvalue weighted by atomic mass is 16.3. The van der Waals surface area contributed by atoms with Gasteiger partial charge in [0.15, 0.2) is 0 Å². The second-order valence-corrected chi connectivity index (χ2v) is 7.16. The number of aliphatic hydroxyl groups is 3. The summed E-state index contributed by atoms with van der Waals surface area (Å²) in [5.74, 6) is -0.0614. The van der Waals surface area contributed by atoms with Crippen molar-refractivity contribution in [2.45, 2.75) is 103 Å². The largest absolute Gasteiger partial charge is 0.394 e. The third-order valence-corrected chi connectivity index (χ3v) is 4.49. The van der Waals surface area contributed by atoms with E-state index in [0.717, 1.165) is 57.8 Å². The Labute approximate surface area is 159 Å². The zero-order valence-corrected chi connectivity index (χ0v) is 16.7. The molecule has 0 aromatic rings. The highest BCUT2D eigenvalue weighted by Gasteiger charge is 2.05. The van der Waals surface area contributed by atoms with Gasteiger partial charge in [0.1, 0.15) is 0 Å². The van der Waals surface area contributed by atoms with Crippen LogP contribution in [0, 0.1) is 0 Å². The monoisotopic (exact) mass is 371 g/mol. The summed E-state index contributed by atoms with van der Waals surface area (Å²) in [6, 6.07) is 0. The van der Waals surface area contributed by atoms with Gasteiger partial charge in [0.2, 0.25) is 5.91 Å². The summed E-state index contributed by atoms with van der Waals surface area (Å²) in [6.07, 6.45) is 16.6. The van der Waals surface area contributed by atoms with Gasteiger partial charge in [-0.3, -0.25) is 4.79 Å². The average molecular weight is 372 g/mol. The Morgan fingerprint density at radius 1 is 0.923 bits per heavy atom. The zero-order chi connectivity index (χ0) is 19.5. The molecule has 0 aliphatic heterocycles. The van der Waals surface area contributed by atoms with Crippen LogP contribution < -0.4 is 5.32 Å². The summed E-state index contributed by atoms with van der Waals surface area (Å²) in [6.45, 7) is 1.99. The molecule has 0 saturated heterocycles. The molecule has 0 radical (unpaired) electrons. The quantitative estimate of drug-likeness (QED) is 0.219. The molecule has 4 N–H and O–H groups in total. The molecular formula is C21H41NO4. The lowest BCUT2D eigenvalue weighted by atomic mass is 10.1. The smallest absolute Gasteiger partial charge is 0.220 e. The van der Waals surface area contributed by atoms with E-state index in [1.165, 1.54) is 19.3 Å². The van der Waals surface area contributed by atoms with E-state index in [2.05, 4.69) is 24.4 Å². The minimum atomic E-state index is -0.867. The number of hydrogen-bond acceptors (Lipinski definition) is 4. The molecule has 1 unspecified atom stereocenters. The second-order valence-electron chi connectivity index (χ2n) is 7.16. The lowest BCUT2D eigenvalue weighted by Gasteiger charge is -2.08. The normalized spacial score (nSPS) is 13.8. The van der Waals surface area contributed by atoms with Crippen LogP contribution in [0.5, 0.6) is 0 Å². The molecule has 1 amide bonds. The Kier molecular flexibility index (Phi) is 18.2. The molecule has 0 aliphatic rings. The molecule has 0 saturated carbocycles. The fraction of sp³-hybridized carbons (Fsp3) is 0.857. The third-order valence-electron chi connectivity index (χ3n) is 4.49. The van der Waals surface area contributed by atoms with Crippen molar-refractivity contribution >= 4 is 5.91 Å². The molecule has 0 heterocycles. The van der Waals surface area contributed by atoms with Gasteiger partial charge in [-0.15, -0.1) is 0 Å². The Bertz CT molecular complexity index is 347. The van der Waals surface area contributed by atoms with Crippen LogP contribution in [-0.4, -0.2) is 46.6 Å². The molecule has 0 fully saturated rings. The summed E-state index contributed by atoms with van der Waals surface area (Å²) in [7, 11) is 0. The van der Waals surface area contributed by atoms with E-state index in [4.69, 9.17) is 10.2 Å². The number of rotatable bonds is 18. The molecule has 0 rings (SSSR count). The molecule has 0 bridgehead atoms. The Hall–Kier alpha value is -0.910. The third kappa shape index (κ3) is 17.9. The fourth-order valence-corrected chi connectivity index (χ4v) is 2.76. The van der Waals surface area contributed by atoms with E-state index in [9.17, 15) is 9.90 Å². The maximum atomic E-state index is 11.5. The number of unbranched alkanes of at least 4 members (excludes halogenated alkanes) is 8. The van der Waals surface area contributed by atoms with Crippen LogP contribution in [0.1, 0.15) is 90.4 Å². The number of amides is 1. The summed E-state index contributed by atoms with van der Waals surface area (Å²) in [4.78, 5) is 11.5. The van der Waals surface area contributed by atoms with E-state index in [0.29, 0.717) is 6.42 Å². The molecule has 0 aromatic heterocycles. The number of hydrogen-bond donors (Lipinski definition) is 4. The van der Waals surface area contributed by atoms with Gasteiger partial charge in [-0.05, 0) is 32.1 Å². The molecule has 0 spiro atoms. The first-order valence-electron chi connectivity index (χ1n) is 10.5. The van der Waals surface area contributed by atoms with Gasteiger partial charge < -0.3 is 20.6 Å². The molecule has 5 nitrogen and oxygen atoms in total. The summed E-state index contributed by atoms with van der Waals surface area (Å²) >= 11 is 0. The molecular weight excluding hydrogens is 330 g/mol. The number of allylic oxidation sites excluding steroid dienone is 1. The molecule has 5 heteroatoms. The first kappa shape index (κ1) is 25.1. The topological polar surface area (TPSA) is 89.8 Å². The number of aliphatic hydroxyl groups excluding tert-OH is 3. The number of nitrogens with one attached hydrogen (secondary N) is 1. The van der Waals surface area contributed by atoms with Crippen LogP contribution >= 0.6 is 0 Å². The van der Waals surface area contributed by atoms with Gasteiger partial charge in [-0.1, -0.05) is 64.0 Å². The number of carbonyl (C=O) groups is 1. The zero-order valence-electron chi connectivity index (χ0n) is 16.7. The highest BCUT2D eigenvalue weighted by Crippen LogP contribution is 2.10. The predicted octanol–water partition coefficient (Wildman–Crippen LogP) is 3.46. The summed E-state index contributed by atoms with van der Waals surface area (Å²) in [5, 5.41) is 30.3. The van der Waals surface area contributed by atoms with Gasteiger partial charge in [0, 0.05) is 13.0 Å². The first-order valence-corrected chi connectivity index (χ1v) is 10.5. The van der Waals surface area contributed by atoms with Crippen LogP contribution in [0.4, 0.5) is 0 Å². The highest BCUT2D eigenvalue weighted by molar-refractivity contribution is 5.75. The Balaban J connectivity index is 3.36. The minimum absolute atomic E-state index is 0.0614. The van der Waals surface area contributed by atoms with Crippen molar-refractivity contribution in [3.05, 3.63) is 12.2 Å². The van der Waals surface area contributed by atoms with Gasteiger partial charge in [-0.2, -0.15) is 0 Å². The summed E-state index contributed by atoms with van der Waals surface area (Å²) < 4.78 is 0. The maximum absolute atomic E-state index is 11.5. The van der Waals surface area contributed by atoms with Crippen molar-refractivity contribution in [2.24, 2.45) is 0 Å². The van der Waals surface area contributed by atoms with Gasteiger partial charge in [0.05, 0.1) is 18.8 Å². The fourth-order valence-electron chi connectivity index (χ4n) is 2.76.